The zero-order valence-electron chi connectivity index (χ0n) is 15.0. The monoisotopic (exact) mass is 387 g/mol. The SMILES string of the molecule is O=C(NCCO)c1cnc2[nH]nc(N3CCCC3c3cc(F)ccc3F)c2c1. The van der Waals surface area contributed by atoms with Gasteiger partial charge in [0.2, 0.25) is 0 Å². The van der Waals surface area contributed by atoms with E-state index in [1.807, 2.05) is 4.90 Å². The lowest BCUT2D eigenvalue weighted by atomic mass is 10.0. The molecule has 3 heterocycles. The summed E-state index contributed by atoms with van der Waals surface area (Å²) < 4.78 is 28.0. The molecule has 2 aromatic heterocycles. The van der Waals surface area contributed by atoms with Crippen molar-refractivity contribution < 1.29 is 18.7 Å². The number of aliphatic hydroxyl groups excluding tert-OH is 1. The summed E-state index contributed by atoms with van der Waals surface area (Å²) in [5.41, 5.74) is 1.12. The smallest absolute Gasteiger partial charge is 0.252 e. The molecule has 4 rings (SSSR count). The summed E-state index contributed by atoms with van der Waals surface area (Å²) in [5.74, 6) is -0.754. The standard InChI is InChI=1S/C19H19F2N5O2/c20-12-3-4-15(21)13(9-12)16-2-1-6-26(16)18-14-8-11(19(28)22-5-7-27)10-23-17(14)24-25-18/h3-4,8-10,16,27H,1-2,5-7H2,(H,22,28)(H,23,24,25). The van der Waals surface area contributed by atoms with E-state index in [1.54, 1.807) is 6.07 Å². The second-order valence-electron chi connectivity index (χ2n) is 6.66. The Kier molecular flexibility index (Phi) is 4.91. The number of aromatic amines is 1. The summed E-state index contributed by atoms with van der Waals surface area (Å²) in [6, 6.07) is 4.76. The number of anilines is 1. The number of amides is 1. The Labute approximate surface area is 159 Å². The van der Waals surface area contributed by atoms with Crippen molar-refractivity contribution >= 4 is 22.8 Å². The normalized spacial score (nSPS) is 16.7. The molecule has 0 spiro atoms. The fraction of sp³-hybridized carbons (Fsp3) is 0.316. The minimum atomic E-state index is -0.486. The van der Waals surface area contributed by atoms with Crippen molar-refractivity contribution in [2.45, 2.75) is 18.9 Å². The van der Waals surface area contributed by atoms with Crippen molar-refractivity contribution in [3.63, 3.8) is 0 Å². The van der Waals surface area contributed by atoms with Gasteiger partial charge in [-0.05, 0) is 37.1 Å². The lowest BCUT2D eigenvalue weighted by Crippen LogP contribution is -2.26. The lowest BCUT2D eigenvalue weighted by Gasteiger charge is -2.25. The Balaban J connectivity index is 1.71. The highest BCUT2D eigenvalue weighted by Crippen LogP contribution is 2.39. The minimum absolute atomic E-state index is 0.141. The summed E-state index contributed by atoms with van der Waals surface area (Å²) in [6.45, 7) is 0.608. The van der Waals surface area contributed by atoms with Gasteiger partial charge in [-0.25, -0.2) is 13.8 Å². The molecule has 9 heteroatoms. The summed E-state index contributed by atoms with van der Waals surface area (Å²) in [6.07, 6.45) is 2.89. The average molecular weight is 387 g/mol. The molecule has 1 fully saturated rings. The van der Waals surface area contributed by atoms with E-state index in [4.69, 9.17) is 5.11 Å². The molecule has 0 saturated carbocycles. The van der Waals surface area contributed by atoms with Crippen LogP contribution in [0, 0.1) is 11.6 Å². The van der Waals surface area contributed by atoms with Crippen LogP contribution in [-0.4, -0.2) is 45.9 Å². The van der Waals surface area contributed by atoms with Crippen LogP contribution in [0.2, 0.25) is 0 Å². The van der Waals surface area contributed by atoms with E-state index in [-0.39, 0.29) is 25.1 Å². The molecule has 0 aliphatic carbocycles. The number of H-pyrrole nitrogens is 1. The number of hydrogen-bond donors (Lipinski definition) is 3. The van der Waals surface area contributed by atoms with Crippen LogP contribution in [-0.2, 0) is 0 Å². The summed E-state index contributed by atoms with van der Waals surface area (Å²) >= 11 is 0. The van der Waals surface area contributed by atoms with Crippen molar-refractivity contribution in [3.05, 3.63) is 53.2 Å². The van der Waals surface area contributed by atoms with E-state index in [2.05, 4.69) is 20.5 Å². The molecule has 1 aliphatic heterocycles. The highest BCUT2D eigenvalue weighted by molar-refractivity contribution is 5.99. The van der Waals surface area contributed by atoms with E-state index in [9.17, 15) is 13.6 Å². The Morgan fingerprint density at radius 1 is 1.36 bits per heavy atom. The van der Waals surface area contributed by atoms with Gasteiger partial charge in [0.1, 0.15) is 11.6 Å². The van der Waals surface area contributed by atoms with Crippen LogP contribution >= 0.6 is 0 Å². The first kappa shape index (κ1) is 18.3. The number of nitrogens with zero attached hydrogens (tertiary/aromatic N) is 3. The number of benzene rings is 1. The molecule has 1 aromatic carbocycles. The number of carbonyl (C=O) groups is 1. The van der Waals surface area contributed by atoms with Crippen molar-refractivity contribution in [2.75, 3.05) is 24.6 Å². The quantitative estimate of drug-likeness (QED) is 0.625. The first-order valence-corrected chi connectivity index (χ1v) is 9.03. The third-order valence-electron chi connectivity index (χ3n) is 4.90. The predicted molar refractivity (Wildman–Crippen MR) is 99.0 cm³/mol. The van der Waals surface area contributed by atoms with Crippen LogP contribution in [0.4, 0.5) is 14.6 Å². The van der Waals surface area contributed by atoms with Crippen LogP contribution in [0.25, 0.3) is 11.0 Å². The largest absolute Gasteiger partial charge is 0.395 e. The number of fused-ring (bicyclic) bond motifs is 1. The van der Waals surface area contributed by atoms with Gasteiger partial charge < -0.3 is 15.3 Å². The van der Waals surface area contributed by atoms with Gasteiger partial charge in [-0.2, -0.15) is 5.10 Å². The van der Waals surface area contributed by atoms with Gasteiger partial charge in [-0.1, -0.05) is 0 Å². The number of rotatable bonds is 5. The number of pyridine rings is 1. The van der Waals surface area contributed by atoms with E-state index in [1.165, 1.54) is 12.3 Å². The van der Waals surface area contributed by atoms with Crippen molar-refractivity contribution in [1.82, 2.24) is 20.5 Å². The topological polar surface area (TPSA) is 94.1 Å². The van der Waals surface area contributed by atoms with E-state index < -0.39 is 11.6 Å². The highest BCUT2D eigenvalue weighted by atomic mass is 19.1. The second-order valence-corrected chi connectivity index (χ2v) is 6.66. The molecule has 1 atom stereocenters. The Morgan fingerprint density at radius 2 is 2.21 bits per heavy atom. The molecule has 1 aliphatic rings. The maximum absolute atomic E-state index is 14.3. The van der Waals surface area contributed by atoms with Crippen molar-refractivity contribution in [3.8, 4) is 0 Å². The fourth-order valence-electron chi connectivity index (χ4n) is 3.62. The number of hydrogen-bond acceptors (Lipinski definition) is 5. The van der Waals surface area contributed by atoms with E-state index >= 15 is 0 Å². The molecule has 7 nitrogen and oxygen atoms in total. The molecule has 146 valence electrons. The highest BCUT2D eigenvalue weighted by Gasteiger charge is 2.31. The average Bonchev–Trinajstić information content (AvgIpc) is 3.33. The lowest BCUT2D eigenvalue weighted by molar-refractivity contribution is 0.0944. The summed E-state index contributed by atoms with van der Waals surface area (Å²) in [5, 5.41) is 19.2. The van der Waals surface area contributed by atoms with Crippen LogP contribution in [0.1, 0.15) is 34.8 Å². The zero-order valence-corrected chi connectivity index (χ0v) is 15.0. The maximum atomic E-state index is 14.3. The minimum Gasteiger partial charge on any atom is -0.395 e. The number of aromatic nitrogens is 3. The van der Waals surface area contributed by atoms with E-state index in [0.29, 0.717) is 40.9 Å². The van der Waals surface area contributed by atoms with Crippen LogP contribution < -0.4 is 10.2 Å². The summed E-state index contributed by atoms with van der Waals surface area (Å²) in [4.78, 5) is 18.3. The zero-order chi connectivity index (χ0) is 19.7. The Hall–Kier alpha value is -3.07. The molecule has 1 saturated heterocycles. The third kappa shape index (κ3) is 3.29. The molecule has 28 heavy (non-hydrogen) atoms. The Morgan fingerprint density at radius 3 is 3.04 bits per heavy atom. The molecule has 1 unspecified atom stereocenters. The second kappa shape index (κ2) is 7.51. The molecular formula is C19H19F2N5O2. The number of nitrogens with one attached hydrogen (secondary N) is 2. The van der Waals surface area contributed by atoms with Gasteiger partial charge in [0.05, 0.1) is 23.6 Å². The number of halogens is 2. The van der Waals surface area contributed by atoms with Crippen molar-refractivity contribution in [1.29, 1.82) is 0 Å². The number of carbonyl (C=O) groups excluding carboxylic acids is 1. The molecule has 3 N–H and O–H groups in total. The van der Waals surface area contributed by atoms with E-state index in [0.717, 1.165) is 18.6 Å². The maximum Gasteiger partial charge on any atom is 0.252 e. The number of aliphatic hydroxyl groups is 1. The van der Waals surface area contributed by atoms with Gasteiger partial charge in [0.15, 0.2) is 11.5 Å². The first-order chi connectivity index (χ1) is 13.6. The third-order valence-corrected chi connectivity index (χ3v) is 4.90. The fourth-order valence-corrected chi connectivity index (χ4v) is 3.62. The van der Waals surface area contributed by atoms with Gasteiger partial charge in [0.25, 0.3) is 5.91 Å². The molecule has 0 bridgehead atoms. The van der Waals surface area contributed by atoms with Gasteiger partial charge in [0, 0.05) is 24.8 Å². The molecule has 3 aromatic rings. The summed E-state index contributed by atoms with van der Waals surface area (Å²) in [7, 11) is 0. The van der Waals surface area contributed by atoms with Crippen LogP contribution in [0.15, 0.2) is 30.5 Å². The van der Waals surface area contributed by atoms with Crippen LogP contribution in [0.5, 0.6) is 0 Å². The Bertz CT molecular complexity index is 1020. The van der Waals surface area contributed by atoms with Gasteiger partial charge in [-0.3, -0.25) is 9.89 Å². The predicted octanol–water partition coefficient (Wildman–Crippen LogP) is 2.30. The van der Waals surface area contributed by atoms with Gasteiger partial charge in [-0.15, -0.1) is 0 Å². The van der Waals surface area contributed by atoms with Gasteiger partial charge >= 0.3 is 0 Å². The first-order valence-electron chi connectivity index (χ1n) is 9.03. The van der Waals surface area contributed by atoms with Crippen LogP contribution in [0.3, 0.4) is 0 Å². The molecule has 0 radical (unpaired) electrons. The molecular weight excluding hydrogens is 368 g/mol. The van der Waals surface area contributed by atoms with Crippen molar-refractivity contribution in [2.24, 2.45) is 0 Å². The molecule has 1 amide bonds.